The Hall–Kier alpha value is -2.13. The first-order chi connectivity index (χ1) is 7.86. The predicted molar refractivity (Wildman–Crippen MR) is 53.9 cm³/mol. The number of aliphatic hydroxyl groups is 2. The quantitative estimate of drug-likeness (QED) is 0.443. The number of carboxylic acids is 2. The fourth-order valence-corrected chi connectivity index (χ4v) is 0.598. The van der Waals surface area contributed by atoms with Crippen LogP contribution in [0.2, 0.25) is 0 Å². The Bertz CT molecular complexity index is 345. The highest BCUT2D eigenvalue weighted by molar-refractivity contribution is 5.99. The summed E-state index contributed by atoms with van der Waals surface area (Å²) in [5.41, 5.74) is 0. The van der Waals surface area contributed by atoms with Crippen LogP contribution in [0, 0.1) is 0 Å². The molecule has 17 heavy (non-hydrogen) atoms. The molecule has 94 valence electrons. The van der Waals surface area contributed by atoms with Crippen molar-refractivity contribution in [1.82, 2.24) is 0 Å². The van der Waals surface area contributed by atoms with E-state index in [1.54, 1.807) is 0 Å². The molecule has 0 aromatic heterocycles. The van der Waals surface area contributed by atoms with Crippen molar-refractivity contribution >= 4 is 30.4 Å². The summed E-state index contributed by atoms with van der Waals surface area (Å²) in [6.07, 6.45) is -1.38. The summed E-state index contributed by atoms with van der Waals surface area (Å²) in [6.45, 7) is 0. The first-order valence-corrected chi connectivity index (χ1v) is 4.25. The largest absolute Gasteiger partial charge is 0.479 e. The first-order valence-electron chi connectivity index (χ1n) is 4.25. The van der Waals surface area contributed by atoms with Gasteiger partial charge in [-0.15, -0.1) is 0 Å². The molecule has 0 radical (unpaired) electrons. The number of aliphatic imine (C=N–C) groups is 2. The van der Waals surface area contributed by atoms with Crippen molar-refractivity contribution in [3.63, 3.8) is 0 Å². The van der Waals surface area contributed by atoms with Crippen molar-refractivity contribution in [1.29, 1.82) is 0 Å². The number of hydrogen-bond donors (Lipinski definition) is 4. The first kappa shape index (κ1) is 14.9. The lowest BCUT2D eigenvalue weighted by Gasteiger charge is -2.07. The highest BCUT2D eigenvalue weighted by atomic mass is 16.4. The van der Waals surface area contributed by atoms with E-state index in [0.717, 1.165) is 0 Å². The Morgan fingerprint density at radius 3 is 1.82 bits per heavy atom. The van der Waals surface area contributed by atoms with Crippen molar-refractivity contribution in [2.75, 3.05) is 0 Å². The van der Waals surface area contributed by atoms with Crippen molar-refractivity contribution in [2.45, 2.75) is 18.6 Å². The van der Waals surface area contributed by atoms with Crippen LogP contribution in [0.5, 0.6) is 0 Å². The van der Waals surface area contributed by atoms with Crippen molar-refractivity contribution in [3.8, 4) is 0 Å². The van der Waals surface area contributed by atoms with Gasteiger partial charge in [-0.2, -0.15) is 0 Å². The third kappa shape index (κ3) is 6.12. The van der Waals surface area contributed by atoms with E-state index in [4.69, 9.17) is 20.4 Å². The fraction of sp³-hybridized carbons (Fsp3) is 0.375. The van der Waals surface area contributed by atoms with Gasteiger partial charge in [-0.25, -0.2) is 19.6 Å². The molecular formula is C8H10N2O7. The van der Waals surface area contributed by atoms with Gasteiger partial charge in [0.15, 0.2) is 12.2 Å². The molecule has 0 saturated heterocycles. The van der Waals surface area contributed by atoms with E-state index >= 15 is 0 Å². The highest BCUT2D eigenvalue weighted by Gasteiger charge is 2.29. The fourth-order valence-electron chi connectivity index (χ4n) is 0.598. The second kappa shape index (κ2) is 7.19. The molecule has 0 aromatic carbocycles. The number of carbonyl (C=O) groups is 3. The molecule has 0 aromatic rings. The Balaban J connectivity index is 0.000000318. The Kier molecular flexibility index (Phi) is 6.29. The van der Waals surface area contributed by atoms with Crippen LogP contribution >= 0.6 is 0 Å². The van der Waals surface area contributed by atoms with E-state index in [-0.39, 0.29) is 5.91 Å². The molecule has 2 atom stereocenters. The van der Waals surface area contributed by atoms with Gasteiger partial charge < -0.3 is 20.4 Å². The third-order valence-electron chi connectivity index (χ3n) is 1.44. The second-order valence-corrected chi connectivity index (χ2v) is 2.74. The molecule has 0 aliphatic carbocycles. The summed E-state index contributed by atoms with van der Waals surface area (Å²) in [6, 6.07) is 0. The maximum absolute atomic E-state index is 10.2. The minimum Gasteiger partial charge on any atom is -0.479 e. The molecule has 1 aliphatic rings. The maximum atomic E-state index is 10.2. The minimum absolute atomic E-state index is 0.116. The second-order valence-electron chi connectivity index (χ2n) is 2.74. The van der Waals surface area contributed by atoms with Gasteiger partial charge in [0.05, 0.1) is 6.42 Å². The van der Waals surface area contributed by atoms with E-state index in [1.807, 2.05) is 0 Å². The molecule has 0 fully saturated rings. The number of aliphatic hydroxyl groups excluding tert-OH is 2. The number of carboxylic acid groups (broad SMARTS) is 2. The molecule has 2 unspecified atom stereocenters. The molecule has 1 rings (SSSR count). The SMILES string of the molecule is O=C(O)C(O)C(O)C(=O)O.O=C1CC=NC=N1. The predicted octanol–water partition coefficient (Wildman–Crippen LogP) is -2.11. The Morgan fingerprint density at radius 2 is 1.65 bits per heavy atom. The van der Waals surface area contributed by atoms with Crippen LogP contribution < -0.4 is 0 Å². The van der Waals surface area contributed by atoms with Crippen LogP contribution in [0.3, 0.4) is 0 Å². The molecule has 0 spiro atoms. The molecule has 1 amide bonds. The van der Waals surface area contributed by atoms with Crippen LogP contribution in [0.1, 0.15) is 6.42 Å². The molecule has 0 bridgehead atoms. The number of carbonyl (C=O) groups excluding carboxylic acids is 1. The summed E-state index contributed by atoms with van der Waals surface area (Å²) < 4.78 is 0. The normalized spacial score (nSPS) is 16.7. The van der Waals surface area contributed by atoms with Crippen molar-refractivity contribution < 1.29 is 34.8 Å². The number of amides is 1. The lowest BCUT2D eigenvalue weighted by Crippen LogP contribution is -2.39. The van der Waals surface area contributed by atoms with Gasteiger partial charge in [-0.1, -0.05) is 0 Å². The van der Waals surface area contributed by atoms with Gasteiger partial charge in [-0.3, -0.25) is 4.79 Å². The Labute approximate surface area is 94.7 Å². The zero-order valence-electron chi connectivity index (χ0n) is 8.42. The lowest BCUT2D eigenvalue weighted by atomic mass is 10.2. The summed E-state index contributed by atoms with van der Waals surface area (Å²) in [7, 11) is 0. The molecular weight excluding hydrogens is 236 g/mol. The molecule has 0 saturated carbocycles. The van der Waals surface area contributed by atoms with E-state index in [0.29, 0.717) is 6.42 Å². The van der Waals surface area contributed by atoms with E-state index in [1.165, 1.54) is 12.6 Å². The summed E-state index contributed by atoms with van der Waals surface area (Å²) in [5, 5.41) is 32.5. The minimum atomic E-state index is -2.27. The summed E-state index contributed by atoms with van der Waals surface area (Å²) in [5.74, 6) is -3.65. The summed E-state index contributed by atoms with van der Waals surface area (Å²) in [4.78, 5) is 36.7. The average molecular weight is 246 g/mol. The topological polar surface area (TPSA) is 157 Å². The van der Waals surface area contributed by atoms with Gasteiger partial charge in [0.1, 0.15) is 6.34 Å². The standard InChI is InChI=1S/C4H4N2O.C4H6O6/c7-4-1-2-5-3-6-4;5-1(3(7)8)2(6)4(9)10/h2-3H,1H2;1-2,5-6H,(H,7,8)(H,9,10). The third-order valence-corrected chi connectivity index (χ3v) is 1.44. The zero-order valence-corrected chi connectivity index (χ0v) is 8.42. The van der Waals surface area contributed by atoms with Crippen LogP contribution in [-0.4, -0.2) is 63.0 Å². The zero-order chi connectivity index (χ0) is 13.4. The molecule has 4 N–H and O–H groups in total. The van der Waals surface area contributed by atoms with Gasteiger partial charge in [-0.05, 0) is 0 Å². The van der Waals surface area contributed by atoms with Crippen LogP contribution in [-0.2, 0) is 14.4 Å². The lowest BCUT2D eigenvalue weighted by molar-refractivity contribution is -0.165. The van der Waals surface area contributed by atoms with E-state index in [9.17, 15) is 14.4 Å². The van der Waals surface area contributed by atoms with Gasteiger partial charge in [0.25, 0.3) is 5.91 Å². The van der Waals surface area contributed by atoms with Gasteiger partial charge >= 0.3 is 11.9 Å². The van der Waals surface area contributed by atoms with Crippen molar-refractivity contribution in [3.05, 3.63) is 0 Å². The van der Waals surface area contributed by atoms with Crippen LogP contribution in [0.15, 0.2) is 9.98 Å². The van der Waals surface area contributed by atoms with E-state index < -0.39 is 24.1 Å². The molecule has 9 heteroatoms. The highest BCUT2D eigenvalue weighted by Crippen LogP contribution is 1.92. The summed E-state index contributed by atoms with van der Waals surface area (Å²) >= 11 is 0. The molecule has 9 nitrogen and oxygen atoms in total. The van der Waals surface area contributed by atoms with Gasteiger partial charge in [0.2, 0.25) is 0 Å². The molecule has 1 aliphatic heterocycles. The van der Waals surface area contributed by atoms with Crippen molar-refractivity contribution in [2.24, 2.45) is 9.98 Å². The van der Waals surface area contributed by atoms with Gasteiger partial charge in [0, 0.05) is 6.21 Å². The number of hydrogen-bond acceptors (Lipinski definition) is 6. The number of nitrogens with zero attached hydrogens (tertiary/aromatic N) is 2. The monoisotopic (exact) mass is 246 g/mol. The number of aliphatic carboxylic acids is 2. The average Bonchev–Trinajstić information content (AvgIpc) is 2.28. The smallest absolute Gasteiger partial charge is 0.335 e. The molecule has 1 heterocycles. The maximum Gasteiger partial charge on any atom is 0.335 e. The van der Waals surface area contributed by atoms with Crippen LogP contribution in [0.4, 0.5) is 0 Å². The number of rotatable bonds is 3. The Morgan fingerprint density at radius 1 is 1.18 bits per heavy atom. The van der Waals surface area contributed by atoms with E-state index in [2.05, 4.69) is 9.98 Å². The van der Waals surface area contributed by atoms with Crippen LogP contribution in [0.25, 0.3) is 0 Å².